The molecular weight excluding hydrogens is 368 g/mol. The summed E-state index contributed by atoms with van der Waals surface area (Å²) < 4.78 is 3.41. The van der Waals surface area contributed by atoms with Crippen molar-refractivity contribution in [3.05, 3.63) is 64.7 Å². The Kier molecular flexibility index (Phi) is 4.04. The highest BCUT2D eigenvalue weighted by Gasteiger charge is 2.21. The second kappa shape index (κ2) is 6.73. The molecule has 146 valence electrons. The minimum Gasteiger partial charge on any atom is -0.378 e. The Morgan fingerprint density at radius 3 is 2.76 bits per heavy atom. The van der Waals surface area contributed by atoms with Crippen LogP contribution in [0.5, 0.6) is 0 Å². The molecule has 0 radical (unpaired) electrons. The van der Waals surface area contributed by atoms with Gasteiger partial charge in [0.05, 0.1) is 17.4 Å². The van der Waals surface area contributed by atoms with Gasteiger partial charge in [-0.15, -0.1) is 10.2 Å². The smallest absolute Gasteiger partial charge is 0.262 e. The lowest BCUT2D eigenvalue weighted by Gasteiger charge is -2.17. The molecule has 3 heterocycles. The van der Waals surface area contributed by atoms with Gasteiger partial charge in [-0.1, -0.05) is 18.2 Å². The Balaban J connectivity index is 1.49. The van der Waals surface area contributed by atoms with Crippen LogP contribution in [0, 0.1) is 0 Å². The van der Waals surface area contributed by atoms with Gasteiger partial charge in [-0.05, 0) is 36.8 Å². The van der Waals surface area contributed by atoms with E-state index in [-0.39, 0.29) is 11.5 Å². The van der Waals surface area contributed by atoms with Gasteiger partial charge in [-0.3, -0.25) is 18.6 Å². The Labute approximate surface area is 166 Å². The number of para-hydroxylation sites is 1. The number of benzene rings is 2. The van der Waals surface area contributed by atoms with Gasteiger partial charge < -0.3 is 10.2 Å². The van der Waals surface area contributed by atoms with Crippen molar-refractivity contribution in [2.45, 2.75) is 19.4 Å². The van der Waals surface area contributed by atoms with E-state index in [1.165, 1.54) is 4.57 Å². The Hall–Kier alpha value is -3.68. The van der Waals surface area contributed by atoms with Crippen molar-refractivity contribution in [3.63, 3.8) is 0 Å². The van der Waals surface area contributed by atoms with Crippen molar-refractivity contribution >= 4 is 34.0 Å². The van der Waals surface area contributed by atoms with Gasteiger partial charge in [0.25, 0.3) is 5.56 Å². The lowest BCUT2D eigenvalue weighted by Crippen LogP contribution is -2.23. The summed E-state index contributed by atoms with van der Waals surface area (Å²) in [5, 5.41) is 12.5. The fraction of sp³-hybridized carbons (Fsp3) is 0.238. The molecule has 1 aliphatic heterocycles. The van der Waals surface area contributed by atoms with Crippen LogP contribution in [0.15, 0.2) is 53.3 Å². The largest absolute Gasteiger partial charge is 0.378 e. The van der Waals surface area contributed by atoms with Crippen LogP contribution in [0.2, 0.25) is 0 Å². The van der Waals surface area contributed by atoms with Gasteiger partial charge in [0.1, 0.15) is 0 Å². The zero-order valence-electron chi connectivity index (χ0n) is 16.0. The lowest BCUT2D eigenvalue weighted by molar-refractivity contribution is -0.117. The van der Waals surface area contributed by atoms with E-state index in [9.17, 15) is 9.59 Å². The minimum atomic E-state index is -0.0945. The SMILES string of the molecule is Cn1c(=O)c2ccccc2n2c(CNc3cccc(N4CCCC4=O)c3)nnc12. The molecule has 8 nitrogen and oxygen atoms in total. The first-order valence-corrected chi connectivity index (χ1v) is 9.59. The molecule has 1 aliphatic rings. The summed E-state index contributed by atoms with van der Waals surface area (Å²) in [5.41, 5.74) is 2.48. The zero-order chi connectivity index (χ0) is 20.0. The predicted molar refractivity (Wildman–Crippen MR) is 111 cm³/mol. The third-order valence-corrected chi connectivity index (χ3v) is 5.37. The number of aromatic nitrogens is 4. The van der Waals surface area contributed by atoms with Crippen LogP contribution in [0.3, 0.4) is 0 Å². The van der Waals surface area contributed by atoms with Crippen molar-refractivity contribution in [3.8, 4) is 0 Å². The van der Waals surface area contributed by atoms with Crippen LogP contribution >= 0.6 is 0 Å². The first-order chi connectivity index (χ1) is 14.1. The van der Waals surface area contributed by atoms with Crippen LogP contribution in [0.1, 0.15) is 18.7 Å². The summed E-state index contributed by atoms with van der Waals surface area (Å²) >= 11 is 0. The second-order valence-corrected chi connectivity index (χ2v) is 7.19. The molecule has 1 amide bonds. The van der Waals surface area contributed by atoms with Crippen molar-refractivity contribution in [1.29, 1.82) is 0 Å². The average molecular weight is 388 g/mol. The number of hydrogen-bond donors (Lipinski definition) is 1. The topological polar surface area (TPSA) is 84.5 Å². The van der Waals surface area contributed by atoms with Crippen molar-refractivity contribution in [2.75, 3.05) is 16.8 Å². The third kappa shape index (κ3) is 2.84. The summed E-state index contributed by atoms with van der Waals surface area (Å²) in [4.78, 5) is 26.4. The average Bonchev–Trinajstić information content (AvgIpc) is 3.37. The summed E-state index contributed by atoms with van der Waals surface area (Å²) in [6.45, 7) is 1.19. The molecule has 2 aromatic carbocycles. The van der Waals surface area contributed by atoms with Crippen LogP contribution in [-0.4, -0.2) is 31.6 Å². The van der Waals surface area contributed by atoms with Crippen molar-refractivity contribution < 1.29 is 4.79 Å². The highest BCUT2D eigenvalue weighted by Crippen LogP contribution is 2.24. The predicted octanol–water partition coefficient (Wildman–Crippen LogP) is 2.32. The molecule has 0 atom stereocenters. The van der Waals surface area contributed by atoms with Crippen LogP contribution in [-0.2, 0) is 18.4 Å². The number of aryl methyl sites for hydroxylation is 1. The summed E-state index contributed by atoms with van der Waals surface area (Å²) in [7, 11) is 1.70. The minimum absolute atomic E-state index is 0.0945. The van der Waals surface area contributed by atoms with E-state index in [1.807, 2.05) is 57.8 Å². The number of hydrogen-bond acceptors (Lipinski definition) is 5. The van der Waals surface area contributed by atoms with E-state index in [4.69, 9.17) is 0 Å². The van der Waals surface area contributed by atoms with Crippen LogP contribution < -0.4 is 15.8 Å². The number of carbonyl (C=O) groups excluding carboxylic acids is 1. The van der Waals surface area contributed by atoms with E-state index < -0.39 is 0 Å². The van der Waals surface area contributed by atoms with E-state index in [1.54, 1.807) is 7.05 Å². The van der Waals surface area contributed by atoms with Crippen LogP contribution in [0.25, 0.3) is 16.7 Å². The highest BCUT2D eigenvalue weighted by molar-refractivity contribution is 5.95. The molecule has 0 saturated carbocycles. The number of anilines is 2. The Bertz CT molecular complexity index is 1310. The quantitative estimate of drug-likeness (QED) is 0.580. The number of nitrogens with zero attached hydrogens (tertiary/aromatic N) is 5. The summed E-state index contributed by atoms with van der Waals surface area (Å²) in [5.74, 6) is 1.37. The number of amides is 1. The molecule has 8 heteroatoms. The molecule has 0 spiro atoms. The molecule has 1 saturated heterocycles. The van der Waals surface area contributed by atoms with Gasteiger partial charge >= 0.3 is 0 Å². The Morgan fingerprint density at radius 1 is 1.07 bits per heavy atom. The second-order valence-electron chi connectivity index (χ2n) is 7.19. The van der Waals surface area contributed by atoms with E-state index in [2.05, 4.69) is 15.5 Å². The number of rotatable bonds is 4. The van der Waals surface area contributed by atoms with Gasteiger partial charge in [0.2, 0.25) is 11.7 Å². The monoisotopic (exact) mass is 388 g/mol. The molecular formula is C21H20N6O2. The van der Waals surface area contributed by atoms with Crippen molar-refractivity contribution in [2.24, 2.45) is 7.05 Å². The van der Waals surface area contributed by atoms with Gasteiger partial charge in [-0.2, -0.15) is 0 Å². The normalized spacial score (nSPS) is 14.2. The van der Waals surface area contributed by atoms with Crippen molar-refractivity contribution in [1.82, 2.24) is 19.2 Å². The van der Waals surface area contributed by atoms with E-state index in [0.29, 0.717) is 30.0 Å². The maximum absolute atomic E-state index is 12.6. The van der Waals surface area contributed by atoms with Gasteiger partial charge in [0.15, 0.2) is 5.82 Å². The maximum atomic E-state index is 12.6. The molecule has 0 bridgehead atoms. The summed E-state index contributed by atoms with van der Waals surface area (Å²) in [6.07, 6.45) is 1.50. The first-order valence-electron chi connectivity index (χ1n) is 9.59. The van der Waals surface area contributed by atoms with E-state index in [0.717, 1.165) is 29.9 Å². The third-order valence-electron chi connectivity index (χ3n) is 5.37. The molecule has 5 rings (SSSR count). The van der Waals surface area contributed by atoms with Crippen LogP contribution in [0.4, 0.5) is 11.4 Å². The fourth-order valence-electron chi connectivity index (χ4n) is 3.89. The maximum Gasteiger partial charge on any atom is 0.262 e. The standard InChI is InChI=1S/C21H20N6O2/c1-25-20(29)16-8-2-3-9-17(16)27-18(23-24-21(25)27)13-22-14-6-4-7-15(12-14)26-11-5-10-19(26)28/h2-4,6-9,12,22H,5,10-11,13H2,1H3. The molecule has 0 unspecified atom stereocenters. The molecule has 1 N–H and O–H groups in total. The molecule has 2 aromatic heterocycles. The molecule has 4 aromatic rings. The number of nitrogens with one attached hydrogen (secondary N) is 1. The van der Waals surface area contributed by atoms with Gasteiger partial charge in [0, 0.05) is 31.4 Å². The fourth-order valence-corrected chi connectivity index (χ4v) is 3.89. The first kappa shape index (κ1) is 17.4. The molecule has 0 aliphatic carbocycles. The highest BCUT2D eigenvalue weighted by atomic mass is 16.2. The number of carbonyl (C=O) groups is 1. The lowest BCUT2D eigenvalue weighted by atomic mass is 10.2. The number of fused-ring (bicyclic) bond motifs is 3. The molecule has 29 heavy (non-hydrogen) atoms. The molecule has 1 fully saturated rings. The van der Waals surface area contributed by atoms with E-state index >= 15 is 0 Å². The Morgan fingerprint density at radius 2 is 1.93 bits per heavy atom. The zero-order valence-corrected chi connectivity index (χ0v) is 16.0. The van der Waals surface area contributed by atoms with Gasteiger partial charge in [-0.25, -0.2) is 0 Å². The summed E-state index contributed by atoms with van der Waals surface area (Å²) in [6, 6.07) is 15.3.